The number of rotatable bonds is 4. The van der Waals surface area contributed by atoms with Crippen LogP contribution < -0.4 is 5.32 Å². The second-order valence-corrected chi connectivity index (χ2v) is 5.67. The van der Waals surface area contributed by atoms with Gasteiger partial charge in [-0.15, -0.1) is 0 Å². The van der Waals surface area contributed by atoms with E-state index in [0.29, 0.717) is 31.0 Å². The van der Waals surface area contributed by atoms with E-state index in [1.54, 1.807) is 6.07 Å². The predicted octanol–water partition coefficient (Wildman–Crippen LogP) is 2.61. The zero-order valence-electron chi connectivity index (χ0n) is 13.0. The topological polar surface area (TPSA) is 78.1 Å². The van der Waals surface area contributed by atoms with Gasteiger partial charge in [-0.3, -0.25) is 14.9 Å². The van der Waals surface area contributed by atoms with E-state index in [9.17, 15) is 22.8 Å². The Kier molecular flexibility index (Phi) is 4.47. The fraction of sp³-hybridized carbons (Fsp3) is 0.312. The van der Waals surface area contributed by atoms with Crippen molar-refractivity contribution in [3.05, 3.63) is 36.5 Å². The average molecular weight is 352 g/mol. The Morgan fingerprint density at radius 1 is 1.32 bits per heavy atom. The van der Waals surface area contributed by atoms with Crippen LogP contribution >= 0.6 is 0 Å². The van der Waals surface area contributed by atoms with E-state index in [1.165, 1.54) is 4.90 Å². The molecule has 1 aromatic heterocycles. The van der Waals surface area contributed by atoms with Gasteiger partial charge in [0.1, 0.15) is 6.04 Å². The lowest BCUT2D eigenvalue weighted by Crippen LogP contribution is -2.37. The molecule has 1 saturated heterocycles. The molecule has 25 heavy (non-hydrogen) atoms. The highest BCUT2D eigenvalue weighted by Gasteiger charge is 2.37. The van der Waals surface area contributed by atoms with Crippen LogP contribution in [0.1, 0.15) is 12.8 Å². The third kappa shape index (κ3) is 3.81. The Morgan fingerprint density at radius 3 is 2.80 bits per heavy atom. The maximum atomic E-state index is 12.4. The minimum Gasteiger partial charge on any atom is -0.365 e. The summed E-state index contributed by atoms with van der Waals surface area (Å²) < 4.78 is 36.8. The van der Waals surface area contributed by atoms with E-state index in [0.717, 1.165) is 11.7 Å². The summed E-state index contributed by atoms with van der Waals surface area (Å²) in [5.74, 6) is -2.06. The average Bonchev–Trinajstić information content (AvgIpc) is 3.17. The molecule has 1 atom stereocenters. The van der Waals surface area contributed by atoms with Crippen molar-refractivity contribution in [3.8, 4) is 0 Å². The molecule has 0 aliphatic carbocycles. The minimum absolute atomic E-state index is 0.272. The van der Waals surface area contributed by atoms with E-state index in [2.05, 4.69) is 15.3 Å². The van der Waals surface area contributed by atoms with E-state index in [-0.39, 0.29) is 11.9 Å². The number of fused-ring (bicyclic) bond motifs is 1. The predicted molar refractivity (Wildman–Crippen MR) is 84.7 cm³/mol. The number of halogens is 3. The SMILES string of the molecule is O=C(Nc1nc2ccccc2[nH]1)[C@@H]1CCCN1/C=C/C(=O)C(F)(F)F. The van der Waals surface area contributed by atoms with Gasteiger partial charge in [-0.05, 0) is 25.0 Å². The summed E-state index contributed by atoms with van der Waals surface area (Å²) in [6.45, 7) is 0.403. The Hall–Kier alpha value is -2.84. The molecular weight excluding hydrogens is 337 g/mol. The van der Waals surface area contributed by atoms with Crippen molar-refractivity contribution in [1.82, 2.24) is 14.9 Å². The van der Waals surface area contributed by atoms with Gasteiger partial charge in [0.25, 0.3) is 5.78 Å². The number of nitrogens with zero attached hydrogens (tertiary/aromatic N) is 2. The summed E-state index contributed by atoms with van der Waals surface area (Å²) in [5, 5.41) is 2.63. The van der Waals surface area contributed by atoms with Gasteiger partial charge in [0.05, 0.1) is 11.0 Å². The normalized spacial score (nSPS) is 18.2. The Morgan fingerprint density at radius 2 is 2.08 bits per heavy atom. The van der Waals surface area contributed by atoms with Crippen LogP contribution in [0.25, 0.3) is 11.0 Å². The van der Waals surface area contributed by atoms with Crippen LogP contribution in [-0.2, 0) is 9.59 Å². The van der Waals surface area contributed by atoms with Crippen molar-refractivity contribution in [1.29, 1.82) is 0 Å². The summed E-state index contributed by atoms with van der Waals surface area (Å²) in [7, 11) is 0. The number of aromatic amines is 1. The van der Waals surface area contributed by atoms with E-state index < -0.39 is 18.0 Å². The molecule has 0 radical (unpaired) electrons. The molecule has 9 heteroatoms. The molecule has 1 aliphatic heterocycles. The number of para-hydroxylation sites is 2. The van der Waals surface area contributed by atoms with Gasteiger partial charge in [-0.1, -0.05) is 12.1 Å². The molecule has 0 bridgehead atoms. The number of carbonyl (C=O) groups is 2. The number of nitrogens with one attached hydrogen (secondary N) is 2. The van der Waals surface area contributed by atoms with Gasteiger partial charge in [0.2, 0.25) is 11.9 Å². The smallest absolute Gasteiger partial charge is 0.365 e. The van der Waals surface area contributed by atoms with Crippen molar-refractivity contribution in [2.24, 2.45) is 0 Å². The highest BCUT2D eigenvalue weighted by Crippen LogP contribution is 2.21. The van der Waals surface area contributed by atoms with Crippen LogP contribution in [0.2, 0.25) is 0 Å². The summed E-state index contributed by atoms with van der Waals surface area (Å²) >= 11 is 0. The summed E-state index contributed by atoms with van der Waals surface area (Å²) in [6, 6.07) is 6.59. The monoisotopic (exact) mass is 352 g/mol. The van der Waals surface area contributed by atoms with Crippen LogP contribution in [0, 0.1) is 0 Å². The van der Waals surface area contributed by atoms with Gasteiger partial charge in [-0.2, -0.15) is 13.2 Å². The molecule has 6 nitrogen and oxygen atoms in total. The molecule has 0 unspecified atom stereocenters. The van der Waals surface area contributed by atoms with Gasteiger partial charge in [0.15, 0.2) is 0 Å². The third-order valence-electron chi connectivity index (χ3n) is 3.92. The Balaban J connectivity index is 1.68. The van der Waals surface area contributed by atoms with Gasteiger partial charge < -0.3 is 9.88 Å². The lowest BCUT2D eigenvalue weighted by Gasteiger charge is -2.21. The summed E-state index contributed by atoms with van der Waals surface area (Å²) in [5.41, 5.74) is 1.45. The molecule has 1 aliphatic rings. The molecule has 1 fully saturated rings. The van der Waals surface area contributed by atoms with Crippen molar-refractivity contribution in [2.45, 2.75) is 25.1 Å². The molecule has 132 valence electrons. The second kappa shape index (κ2) is 6.58. The number of allylic oxidation sites excluding steroid dienone is 1. The molecule has 2 aromatic rings. The standard InChI is InChI=1S/C16H15F3N4O2/c17-16(18,19)13(24)7-9-23-8-3-6-12(23)14(25)22-15-20-10-4-1-2-5-11(10)21-15/h1-2,4-5,7,9,12H,3,6,8H2,(H2,20,21,22,25)/b9-7+/t12-/m0/s1. The van der Waals surface area contributed by atoms with Gasteiger partial charge >= 0.3 is 6.18 Å². The van der Waals surface area contributed by atoms with E-state index in [1.807, 2.05) is 18.2 Å². The zero-order valence-corrected chi connectivity index (χ0v) is 13.0. The molecular formula is C16H15F3N4O2. The van der Waals surface area contributed by atoms with Crippen LogP contribution in [0.4, 0.5) is 19.1 Å². The number of hydrogen-bond acceptors (Lipinski definition) is 4. The first-order valence-corrected chi connectivity index (χ1v) is 7.65. The molecule has 1 amide bonds. The number of benzene rings is 1. The molecule has 1 aromatic carbocycles. The number of alkyl halides is 3. The first kappa shape index (κ1) is 17.0. The van der Waals surface area contributed by atoms with Gasteiger partial charge in [0, 0.05) is 18.8 Å². The first-order valence-electron chi connectivity index (χ1n) is 7.65. The Labute approximate surface area is 140 Å². The van der Waals surface area contributed by atoms with Crippen molar-refractivity contribution >= 4 is 28.7 Å². The maximum absolute atomic E-state index is 12.4. The number of hydrogen-bond donors (Lipinski definition) is 2. The number of H-pyrrole nitrogens is 1. The second-order valence-electron chi connectivity index (χ2n) is 5.67. The molecule has 3 rings (SSSR count). The summed E-state index contributed by atoms with van der Waals surface area (Å²) in [6.07, 6.45) is -2.31. The molecule has 0 spiro atoms. The van der Waals surface area contributed by atoms with Crippen molar-refractivity contribution in [3.63, 3.8) is 0 Å². The number of anilines is 1. The molecule has 0 saturated carbocycles. The number of likely N-dealkylation sites (tertiary alicyclic amines) is 1. The fourth-order valence-corrected chi connectivity index (χ4v) is 2.72. The van der Waals surface area contributed by atoms with Gasteiger partial charge in [-0.25, -0.2) is 4.98 Å². The quantitative estimate of drug-likeness (QED) is 0.829. The first-order chi connectivity index (χ1) is 11.8. The highest BCUT2D eigenvalue weighted by molar-refractivity contribution is 5.96. The van der Waals surface area contributed by atoms with Crippen LogP contribution in [0.3, 0.4) is 0 Å². The van der Waals surface area contributed by atoms with Crippen LogP contribution in [0.15, 0.2) is 36.5 Å². The minimum atomic E-state index is -4.91. The van der Waals surface area contributed by atoms with Crippen molar-refractivity contribution in [2.75, 3.05) is 11.9 Å². The molecule has 2 heterocycles. The largest absolute Gasteiger partial charge is 0.454 e. The van der Waals surface area contributed by atoms with Crippen LogP contribution in [-0.4, -0.2) is 45.3 Å². The number of amides is 1. The highest BCUT2D eigenvalue weighted by atomic mass is 19.4. The summed E-state index contributed by atoms with van der Waals surface area (Å²) in [4.78, 5) is 31.9. The number of imidazole rings is 1. The Bertz CT molecular complexity index is 795. The number of ketones is 1. The fourth-order valence-electron chi connectivity index (χ4n) is 2.72. The van der Waals surface area contributed by atoms with E-state index >= 15 is 0 Å². The maximum Gasteiger partial charge on any atom is 0.454 e. The zero-order chi connectivity index (χ0) is 18.0. The van der Waals surface area contributed by atoms with Crippen LogP contribution in [0.5, 0.6) is 0 Å². The number of aromatic nitrogens is 2. The van der Waals surface area contributed by atoms with E-state index in [4.69, 9.17) is 0 Å². The number of carbonyl (C=O) groups excluding carboxylic acids is 2. The third-order valence-corrected chi connectivity index (χ3v) is 3.92. The molecule has 2 N–H and O–H groups in total. The lowest BCUT2D eigenvalue weighted by molar-refractivity contribution is -0.165. The lowest BCUT2D eigenvalue weighted by atomic mass is 10.2. The van der Waals surface area contributed by atoms with Crippen molar-refractivity contribution < 1.29 is 22.8 Å².